The van der Waals surface area contributed by atoms with E-state index in [1.807, 2.05) is 60.7 Å². The van der Waals surface area contributed by atoms with E-state index >= 15 is 0 Å². The summed E-state index contributed by atoms with van der Waals surface area (Å²) in [6, 6.07) is 15.6. The number of carbonyl (C=O) groups excluding carboxylic acids is 10. The van der Waals surface area contributed by atoms with Crippen LogP contribution in [0.2, 0.25) is 0 Å². The fraction of sp³-hybridized carbons (Fsp3) is 0.600. The van der Waals surface area contributed by atoms with Crippen LogP contribution in [0.15, 0.2) is 146 Å². The van der Waals surface area contributed by atoms with Gasteiger partial charge in [0.2, 0.25) is 59.1 Å². The number of nitrogens with one attached hydrogen (secondary N) is 4. The van der Waals surface area contributed by atoms with Crippen molar-refractivity contribution in [1.82, 2.24) is 50.7 Å². The van der Waals surface area contributed by atoms with Crippen molar-refractivity contribution in [3.05, 3.63) is 157 Å². The lowest BCUT2D eigenvalue weighted by Gasteiger charge is -2.34. The van der Waals surface area contributed by atoms with Gasteiger partial charge >= 0.3 is 53.2 Å². The van der Waals surface area contributed by atoms with Crippen LogP contribution in [0.4, 0.5) is 0 Å². The number of rotatable bonds is 67. The number of hydrogen-bond donors (Lipinski definition) is 18. The highest BCUT2D eigenvalue weighted by molar-refractivity contribution is 7.54. The summed E-state index contributed by atoms with van der Waals surface area (Å²) in [6.45, 7) is 42.5. The predicted octanol–water partition coefficient (Wildman–Crippen LogP) is 9.46. The molecule has 0 aliphatic rings. The molecule has 0 bridgehead atoms. The van der Waals surface area contributed by atoms with Gasteiger partial charge in [0, 0.05) is 142 Å². The predicted molar refractivity (Wildman–Crippen MR) is 533 cm³/mol. The minimum atomic E-state index is -4.48. The zero-order valence-electron chi connectivity index (χ0n) is 81.5. The van der Waals surface area contributed by atoms with Gasteiger partial charge in [-0.2, -0.15) is 0 Å². The molecule has 2 rings (SSSR count). The molecule has 4 atom stereocenters. The van der Waals surface area contributed by atoms with Gasteiger partial charge in [-0.05, 0) is 137 Å². The van der Waals surface area contributed by atoms with Crippen molar-refractivity contribution in [2.45, 2.75) is 228 Å². The SMILES string of the molecule is C=C(C)C(=O)N(CCCCCN(C(=O)C(=C)C)C(CCCCCCC)CP(=O)(O)O)C(CCCCCCC)CP(=O)(O)O.C=C(C)C(=O)N(CCCCCN(C(=O)C(=C)C)C(Cc1ccccc1)CP(=O)(O)O)C(Cc1ccccc1)CP(=O)(O)O.C=C(C)C(=O)N(CCNC(=O)CP(=O)(O)O)CCNC(=O)CP(=O)(O)O.C=C(C)C(=O)NCCCN(CCCNC(=O)C(=C)C)C(=O)CP(=O)(O)O. The van der Waals surface area contributed by atoms with Crippen molar-refractivity contribution >= 4 is 112 Å². The molecule has 0 aromatic heterocycles. The Morgan fingerprint density at radius 2 is 0.543 bits per heavy atom. The summed E-state index contributed by atoms with van der Waals surface area (Å²) >= 11 is 0. The second-order valence-corrected chi connectivity index (χ2v) is 46.1. The number of benzene rings is 2. The fourth-order valence-corrected chi connectivity index (χ4v) is 19.1. The number of unbranched alkanes of at least 4 members (excludes halogenated alkanes) is 12. The molecule has 0 spiro atoms. The van der Waals surface area contributed by atoms with Gasteiger partial charge in [0.25, 0.3) is 0 Å². The Morgan fingerprint density at radius 1 is 0.283 bits per heavy atom. The van der Waals surface area contributed by atoms with Crippen LogP contribution < -0.4 is 21.3 Å². The first-order valence-electron chi connectivity index (χ1n) is 45.6. The second kappa shape index (κ2) is 68.5. The summed E-state index contributed by atoms with van der Waals surface area (Å²) in [4.78, 5) is 261. The van der Waals surface area contributed by atoms with Crippen LogP contribution in [0.25, 0.3) is 0 Å². The van der Waals surface area contributed by atoms with Gasteiger partial charge < -0.3 is 119 Å². The fourth-order valence-electron chi connectivity index (χ4n) is 14.0. The molecular formula is C90H155N10O31P7. The number of amides is 10. The highest BCUT2D eigenvalue weighted by Gasteiger charge is 2.36. The molecule has 0 aliphatic carbocycles. The Bertz CT molecular complexity index is 4370. The van der Waals surface area contributed by atoms with Crippen LogP contribution in [-0.4, -0.2) is 303 Å². The Hall–Kier alpha value is -7.63. The summed E-state index contributed by atoms with van der Waals surface area (Å²) in [7, 11) is -31.1. The normalized spacial score (nSPS) is 12.5. The van der Waals surface area contributed by atoms with Gasteiger partial charge in [-0.3, -0.25) is 79.9 Å². The smallest absolute Gasteiger partial charge is 0.334 e. The molecule has 0 fully saturated rings. The minimum absolute atomic E-state index is 0.0209. The molecular weight excluding hydrogens is 1930 g/mol. The third-order valence-corrected chi connectivity index (χ3v) is 26.2. The maximum absolute atomic E-state index is 13.1. The van der Waals surface area contributed by atoms with Crippen LogP contribution in [-0.2, 0) is 92.7 Å². The van der Waals surface area contributed by atoms with Gasteiger partial charge in [-0.15, -0.1) is 0 Å². The van der Waals surface area contributed by atoms with E-state index in [-0.39, 0.29) is 106 Å². The Morgan fingerprint density at radius 3 is 0.797 bits per heavy atom. The number of carbonyl (C=O) groups is 10. The Balaban J connectivity index is 0. The molecule has 4 unspecified atom stereocenters. The third-order valence-electron chi connectivity index (χ3n) is 20.6. The number of nitrogens with zero attached hydrogens (tertiary/aromatic N) is 6. The first-order chi connectivity index (χ1) is 63.8. The quantitative estimate of drug-likeness (QED) is 0.0166. The summed E-state index contributed by atoms with van der Waals surface area (Å²) in [5.41, 5.74) is 3.71. The highest BCUT2D eigenvalue weighted by atomic mass is 31.2. The first kappa shape index (κ1) is 132. The zero-order valence-corrected chi connectivity index (χ0v) is 87.8. The van der Waals surface area contributed by atoms with E-state index in [2.05, 4.69) is 81.2 Å². The summed E-state index contributed by atoms with van der Waals surface area (Å²) in [5, 5.41) is 9.74. The van der Waals surface area contributed by atoms with E-state index in [0.29, 0.717) is 113 Å². The molecule has 0 saturated carbocycles. The summed E-state index contributed by atoms with van der Waals surface area (Å²) in [5.74, 6) is -4.91. The molecule has 0 heterocycles. The van der Waals surface area contributed by atoms with Crippen LogP contribution in [0, 0.1) is 0 Å². The van der Waals surface area contributed by atoms with E-state index in [9.17, 15) is 119 Å². The van der Waals surface area contributed by atoms with Crippen molar-refractivity contribution in [2.24, 2.45) is 0 Å². The van der Waals surface area contributed by atoms with Crippen molar-refractivity contribution in [1.29, 1.82) is 0 Å². The third kappa shape index (κ3) is 67.7. The van der Waals surface area contributed by atoms with Gasteiger partial charge in [0.1, 0.15) is 18.5 Å². The zero-order chi connectivity index (χ0) is 106. The summed E-state index contributed by atoms with van der Waals surface area (Å²) < 4.78 is 80.4. The van der Waals surface area contributed by atoms with E-state index in [0.717, 1.165) is 75.3 Å². The largest absolute Gasteiger partial charge is 0.354 e. The van der Waals surface area contributed by atoms with Crippen molar-refractivity contribution in [3.63, 3.8) is 0 Å². The Labute approximate surface area is 813 Å². The van der Waals surface area contributed by atoms with Crippen molar-refractivity contribution in [3.8, 4) is 0 Å². The minimum Gasteiger partial charge on any atom is -0.354 e. The van der Waals surface area contributed by atoms with E-state index < -0.39 is 156 Å². The molecule has 48 heteroatoms. The molecule has 0 radical (unpaired) electrons. The number of hydrogen-bond acceptors (Lipinski definition) is 17. The topological polar surface area (TPSA) is 641 Å². The monoisotopic (exact) mass is 2090 g/mol. The van der Waals surface area contributed by atoms with E-state index in [1.165, 1.54) is 26.5 Å². The van der Waals surface area contributed by atoms with Gasteiger partial charge in [-0.25, -0.2) is 0 Å². The van der Waals surface area contributed by atoms with Crippen LogP contribution in [0.5, 0.6) is 0 Å². The average molecular weight is 2090 g/mol. The maximum Gasteiger partial charge on any atom is 0.334 e. The molecule has 0 aliphatic heterocycles. The molecule has 2 aromatic rings. The van der Waals surface area contributed by atoms with Crippen LogP contribution in [0.1, 0.15) is 202 Å². The lowest BCUT2D eigenvalue weighted by molar-refractivity contribution is -0.130. The van der Waals surface area contributed by atoms with Crippen LogP contribution in [0.3, 0.4) is 0 Å². The standard InChI is InChI=1S/C31H44N2O8P2.C31H60N2O8P2.C16H28N3O6P.C12H23N3O9P2/c1-24(2)30(34)32(28(22-42(36,37)38)20-26-14-8-5-9-15-26)18-12-7-13-19-33(31(35)25(3)4)29(23-43(39,40)41)21-27-16-10-6-11-17-27;1-7-9-11-13-16-20-28(24-42(36,37)38)32(30(34)26(3)4)22-18-15-19-23-33(31(35)27(5)6)29(25-43(39,40)41)21-17-14-12-10-8-2;1-12(2)15(21)17-7-5-9-19(14(20)11-26(23,24)25)10-6-8-18-16(22)13(3)4;1-9(2)12(18)15(5-3-13-10(16)7-25(19,20)21)6-4-14-11(17)8-26(22,23)24/h5-6,8-11,14-17,28-29H,1,3,7,12-13,18-23H2,2,4H3,(H2,36,37,38)(H2,39,40,41);28-29H,3,5,7-25H2,1-2,4,6H3,(H2,36,37,38)(H2,39,40,41);1,3,5-11H2,2,4H3,(H,17,21)(H,18,22)(H2,23,24,25);1,3-8H2,2H3,(H,13,16)(H,14,17)(H2,19,20,21)(H2,22,23,24). The lowest BCUT2D eigenvalue weighted by atomic mass is 10.0. The van der Waals surface area contributed by atoms with E-state index in [1.54, 1.807) is 51.3 Å². The highest BCUT2D eigenvalue weighted by Crippen LogP contribution is 2.42. The molecule has 41 nitrogen and oxygen atoms in total. The maximum atomic E-state index is 13.1. The molecule has 138 heavy (non-hydrogen) atoms. The Kier molecular flexibility index (Phi) is 65.8. The van der Waals surface area contributed by atoms with Crippen LogP contribution >= 0.6 is 53.2 Å². The lowest BCUT2D eigenvalue weighted by Crippen LogP contribution is -2.45. The van der Waals surface area contributed by atoms with Crippen molar-refractivity contribution in [2.75, 3.05) is 122 Å². The molecule has 2 aromatic carbocycles. The van der Waals surface area contributed by atoms with Crippen molar-refractivity contribution < 1.29 is 148 Å². The van der Waals surface area contributed by atoms with Gasteiger partial charge in [-0.1, -0.05) is 185 Å². The second-order valence-electron chi connectivity index (χ2n) is 34.4. The van der Waals surface area contributed by atoms with Gasteiger partial charge in [0.05, 0.1) is 24.6 Å². The molecule has 18 N–H and O–H groups in total. The van der Waals surface area contributed by atoms with E-state index in [4.69, 9.17) is 29.4 Å². The average Bonchev–Trinajstić information content (AvgIpc) is 1.41. The molecule has 10 amide bonds. The molecule has 786 valence electrons. The molecule has 0 saturated heterocycles. The first-order valence-corrected chi connectivity index (χ1v) is 58.2. The van der Waals surface area contributed by atoms with Gasteiger partial charge in [0.15, 0.2) is 0 Å². The summed E-state index contributed by atoms with van der Waals surface area (Å²) in [6.07, 6.45) is 10.8.